The van der Waals surface area contributed by atoms with E-state index in [2.05, 4.69) is 10.6 Å². The van der Waals surface area contributed by atoms with Crippen LogP contribution in [0.5, 0.6) is 0 Å². The van der Waals surface area contributed by atoms with Crippen molar-refractivity contribution in [3.05, 3.63) is 34.6 Å². The van der Waals surface area contributed by atoms with E-state index in [0.29, 0.717) is 5.02 Å². The smallest absolute Gasteiger partial charge is 0.328 e. The molecule has 1 aromatic carbocycles. The molecule has 19 heavy (non-hydrogen) atoms. The Morgan fingerprint density at radius 1 is 1.42 bits per heavy atom. The fourth-order valence-electron chi connectivity index (χ4n) is 1.24. The number of aliphatic carboxylic acids is 1. The summed E-state index contributed by atoms with van der Waals surface area (Å²) in [7, 11) is 0. The lowest BCUT2D eigenvalue weighted by molar-refractivity contribution is -0.142. The van der Waals surface area contributed by atoms with Crippen LogP contribution < -0.4 is 10.6 Å². The van der Waals surface area contributed by atoms with Crippen molar-refractivity contribution in [2.75, 3.05) is 0 Å². The van der Waals surface area contributed by atoms with Crippen molar-refractivity contribution in [2.45, 2.75) is 25.9 Å². The van der Waals surface area contributed by atoms with Crippen LogP contribution in [0.1, 0.15) is 19.4 Å². The molecule has 0 unspecified atom stereocenters. The van der Waals surface area contributed by atoms with Gasteiger partial charge in [-0.25, -0.2) is 14.0 Å². The lowest BCUT2D eigenvalue weighted by Crippen LogP contribution is -2.53. The van der Waals surface area contributed by atoms with E-state index in [-0.39, 0.29) is 12.1 Å². The van der Waals surface area contributed by atoms with Crippen LogP contribution in [-0.4, -0.2) is 22.6 Å². The topological polar surface area (TPSA) is 78.4 Å². The normalized spacial score (nSPS) is 10.9. The summed E-state index contributed by atoms with van der Waals surface area (Å²) in [6.07, 6.45) is 0. The van der Waals surface area contributed by atoms with Crippen molar-refractivity contribution in [2.24, 2.45) is 0 Å². The fourth-order valence-corrected chi connectivity index (χ4v) is 1.43. The van der Waals surface area contributed by atoms with Crippen LogP contribution in [0, 0.1) is 5.82 Å². The maximum Gasteiger partial charge on any atom is 0.328 e. The van der Waals surface area contributed by atoms with E-state index in [9.17, 15) is 14.0 Å². The number of carboxylic acid groups (broad SMARTS) is 1. The van der Waals surface area contributed by atoms with Gasteiger partial charge in [0.05, 0.1) is 0 Å². The third-order valence-electron chi connectivity index (χ3n) is 2.41. The Hall–Kier alpha value is -1.82. The van der Waals surface area contributed by atoms with E-state index in [4.69, 9.17) is 16.7 Å². The van der Waals surface area contributed by atoms with Gasteiger partial charge in [-0.05, 0) is 32.0 Å². The molecule has 104 valence electrons. The van der Waals surface area contributed by atoms with Gasteiger partial charge in [-0.2, -0.15) is 0 Å². The molecule has 5 nitrogen and oxygen atoms in total. The summed E-state index contributed by atoms with van der Waals surface area (Å²) >= 11 is 5.71. The second-order valence-electron chi connectivity index (χ2n) is 4.47. The van der Waals surface area contributed by atoms with Crippen LogP contribution in [0.4, 0.5) is 9.18 Å². The maximum absolute atomic E-state index is 13.4. The number of nitrogens with one attached hydrogen (secondary N) is 2. The van der Waals surface area contributed by atoms with Gasteiger partial charge in [-0.15, -0.1) is 0 Å². The molecule has 1 rings (SSSR count). The Balaban J connectivity index is 2.60. The fraction of sp³-hybridized carbons (Fsp3) is 0.333. The first-order valence-corrected chi connectivity index (χ1v) is 5.83. The number of urea groups is 1. The summed E-state index contributed by atoms with van der Waals surface area (Å²) in [5.74, 6) is -1.67. The van der Waals surface area contributed by atoms with Crippen molar-refractivity contribution in [3.8, 4) is 0 Å². The number of benzene rings is 1. The van der Waals surface area contributed by atoms with Gasteiger partial charge in [0.25, 0.3) is 0 Å². The predicted octanol–water partition coefficient (Wildman–Crippen LogP) is 2.14. The molecule has 0 saturated carbocycles. The van der Waals surface area contributed by atoms with Crippen LogP contribution in [0.25, 0.3) is 0 Å². The third kappa shape index (κ3) is 4.40. The highest BCUT2D eigenvalue weighted by Crippen LogP contribution is 2.14. The molecule has 3 N–H and O–H groups in total. The van der Waals surface area contributed by atoms with Crippen molar-refractivity contribution >= 4 is 23.6 Å². The Labute approximate surface area is 114 Å². The van der Waals surface area contributed by atoms with Gasteiger partial charge in [-0.3, -0.25) is 0 Å². The standard InChI is InChI=1S/C12H14ClFN2O3/c1-12(2,10(17)18)16-11(19)15-6-7-5-8(13)3-4-9(7)14/h3-5H,6H2,1-2H3,(H,17,18)(H2,15,16,19). The number of rotatable bonds is 4. The zero-order valence-corrected chi connectivity index (χ0v) is 11.2. The van der Waals surface area contributed by atoms with E-state index in [1.165, 1.54) is 32.0 Å². The SMILES string of the molecule is CC(C)(NC(=O)NCc1cc(Cl)ccc1F)C(=O)O. The zero-order valence-electron chi connectivity index (χ0n) is 10.5. The second-order valence-corrected chi connectivity index (χ2v) is 4.91. The Morgan fingerprint density at radius 3 is 2.63 bits per heavy atom. The van der Waals surface area contributed by atoms with Crippen LogP contribution in [0.2, 0.25) is 5.02 Å². The zero-order chi connectivity index (χ0) is 14.6. The molecule has 0 bridgehead atoms. The van der Waals surface area contributed by atoms with E-state index in [1.54, 1.807) is 0 Å². The highest BCUT2D eigenvalue weighted by atomic mass is 35.5. The molecule has 0 spiro atoms. The summed E-state index contributed by atoms with van der Waals surface area (Å²) in [5, 5.41) is 13.8. The minimum atomic E-state index is -1.41. The molecule has 0 aromatic heterocycles. The molecule has 0 fully saturated rings. The lowest BCUT2D eigenvalue weighted by atomic mass is 10.1. The number of carbonyl (C=O) groups is 2. The first-order chi connectivity index (χ1) is 8.72. The minimum Gasteiger partial charge on any atom is -0.480 e. The van der Waals surface area contributed by atoms with Crippen molar-refractivity contribution < 1.29 is 19.1 Å². The van der Waals surface area contributed by atoms with E-state index in [1.807, 2.05) is 0 Å². The molecule has 2 amide bonds. The van der Waals surface area contributed by atoms with Gasteiger partial charge >= 0.3 is 12.0 Å². The van der Waals surface area contributed by atoms with Crippen LogP contribution in [0.3, 0.4) is 0 Å². The number of carbonyl (C=O) groups excluding carboxylic acids is 1. The Kier molecular flexibility index (Phi) is 4.72. The number of hydrogen-bond acceptors (Lipinski definition) is 2. The molecule has 0 aliphatic rings. The predicted molar refractivity (Wildman–Crippen MR) is 68.5 cm³/mol. The monoisotopic (exact) mass is 288 g/mol. The van der Waals surface area contributed by atoms with Gasteiger partial charge in [0, 0.05) is 17.1 Å². The highest BCUT2D eigenvalue weighted by Gasteiger charge is 2.28. The van der Waals surface area contributed by atoms with Gasteiger partial charge in [-0.1, -0.05) is 11.6 Å². The molecule has 7 heteroatoms. The quantitative estimate of drug-likeness (QED) is 0.794. The van der Waals surface area contributed by atoms with Crippen LogP contribution >= 0.6 is 11.6 Å². The molecule has 1 aromatic rings. The summed E-state index contributed by atoms with van der Waals surface area (Å²) in [6, 6.07) is 3.28. The third-order valence-corrected chi connectivity index (χ3v) is 2.64. The molecular weight excluding hydrogens is 275 g/mol. The number of halogens is 2. The van der Waals surface area contributed by atoms with Gasteiger partial charge in [0.15, 0.2) is 0 Å². The first kappa shape index (κ1) is 15.2. The van der Waals surface area contributed by atoms with E-state index < -0.39 is 23.4 Å². The van der Waals surface area contributed by atoms with Crippen LogP contribution in [-0.2, 0) is 11.3 Å². The highest BCUT2D eigenvalue weighted by molar-refractivity contribution is 6.30. The molecule has 0 aliphatic carbocycles. The summed E-state index contributed by atoms with van der Waals surface area (Å²) < 4.78 is 13.4. The van der Waals surface area contributed by atoms with Crippen molar-refractivity contribution in [1.82, 2.24) is 10.6 Å². The lowest BCUT2D eigenvalue weighted by Gasteiger charge is -2.21. The minimum absolute atomic E-state index is 0.0894. The Bertz CT molecular complexity index is 506. The molecule has 0 atom stereocenters. The Morgan fingerprint density at radius 2 is 2.05 bits per heavy atom. The van der Waals surface area contributed by atoms with Crippen LogP contribution in [0.15, 0.2) is 18.2 Å². The second kappa shape index (κ2) is 5.88. The van der Waals surface area contributed by atoms with Gasteiger partial charge in [0.2, 0.25) is 0 Å². The molecular formula is C12H14ClFN2O3. The molecule has 0 aliphatic heterocycles. The average molecular weight is 289 g/mol. The summed E-state index contributed by atoms with van der Waals surface area (Å²) in [6.45, 7) is 2.59. The molecule has 0 saturated heterocycles. The number of hydrogen-bond donors (Lipinski definition) is 3. The number of amides is 2. The van der Waals surface area contributed by atoms with Gasteiger partial charge < -0.3 is 15.7 Å². The molecule has 0 heterocycles. The van der Waals surface area contributed by atoms with E-state index >= 15 is 0 Å². The first-order valence-electron chi connectivity index (χ1n) is 5.45. The van der Waals surface area contributed by atoms with Crippen molar-refractivity contribution in [3.63, 3.8) is 0 Å². The van der Waals surface area contributed by atoms with Crippen molar-refractivity contribution in [1.29, 1.82) is 0 Å². The summed E-state index contributed by atoms with van der Waals surface area (Å²) in [4.78, 5) is 22.3. The number of carboxylic acids is 1. The average Bonchev–Trinajstić information content (AvgIpc) is 2.29. The molecule has 0 radical (unpaired) electrons. The maximum atomic E-state index is 13.4. The summed E-state index contributed by atoms with van der Waals surface area (Å²) in [5.41, 5.74) is -1.19. The van der Waals surface area contributed by atoms with Gasteiger partial charge in [0.1, 0.15) is 11.4 Å². The largest absolute Gasteiger partial charge is 0.480 e. The van der Waals surface area contributed by atoms with E-state index in [0.717, 1.165) is 0 Å².